The topological polar surface area (TPSA) is 69.6 Å². The Morgan fingerprint density at radius 3 is 2.52 bits per heavy atom. The van der Waals surface area contributed by atoms with Gasteiger partial charge in [-0.3, -0.25) is 9.69 Å². The van der Waals surface area contributed by atoms with Crippen molar-refractivity contribution < 1.29 is 14.7 Å². The number of rotatable bonds is 4. The largest absolute Gasteiger partial charge is 0.478 e. The number of nitrogens with zero attached hydrogens (tertiary/aromatic N) is 1. The van der Waals surface area contributed by atoms with Crippen molar-refractivity contribution in [1.82, 2.24) is 10.2 Å². The molecule has 0 atom stereocenters. The highest BCUT2D eigenvalue weighted by atomic mass is 35.5. The summed E-state index contributed by atoms with van der Waals surface area (Å²) in [4.78, 5) is 24.9. The molecule has 0 bridgehead atoms. The summed E-state index contributed by atoms with van der Waals surface area (Å²) in [7, 11) is 0. The van der Waals surface area contributed by atoms with Gasteiger partial charge >= 0.3 is 5.97 Å². The quantitative estimate of drug-likeness (QED) is 0.636. The van der Waals surface area contributed by atoms with E-state index in [1.165, 1.54) is 17.0 Å². The molecule has 0 aliphatic carbocycles. The molecule has 0 aromatic heterocycles. The Hall–Kier alpha value is -2.70. The number of benzene rings is 2. The van der Waals surface area contributed by atoms with Crippen molar-refractivity contribution in [3.63, 3.8) is 0 Å². The van der Waals surface area contributed by atoms with Gasteiger partial charge in [0.05, 0.1) is 12.1 Å². The highest BCUT2D eigenvalue weighted by molar-refractivity contribution is 7.80. The van der Waals surface area contributed by atoms with Crippen molar-refractivity contribution in [3.8, 4) is 0 Å². The second-order valence-corrected chi connectivity index (χ2v) is 6.19. The lowest BCUT2D eigenvalue weighted by atomic mass is 10.1. The minimum absolute atomic E-state index is 0.184. The summed E-state index contributed by atoms with van der Waals surface area (Å²) in [6, 6.07) is 13.5. The number of nitrogens with one attached hydrogen (secondary N) is 1. The van der Waals surface area contributed by atoms with E-state index in [4.69, 9.17) is 28.9 Å². The van der Waals surface area contributed by atoms with Gasteiger partial charge in [-0.25, -0.2) is 4.79 Å². The van der Waals surface area contributed by atoms with Crippen LogP contribution in [0.15, 0.2) is 54.2 Å². The van der Waals surface area contributed by atoms with Gasteiger partial charge in [0, 0.05) is 5.02 Å². The molecule has 0 spiro atoms. The lowest BCUT2D eigenvalue weighted by molar-refractivity contribution is -0.122. The summed E-state index contributed by atoms with van der Waals surface area (Å²) >= 11 is 11.4. The predicted molar refractivity (Wildman–Crippen MR) is 99.1 cm³/mol. The number of hydrogen-bond donors (Lipinski definition) is 2. The van der Waals surface area contributed by atoms with Crippen LogP contribution in [-0.4, -0.2) is 27.0 Å². The van der Waals surface area contributed by atoms with Gasteiger partial charge in [0.25, 0.3) is 5.91 Å². The Morgan fingerprint density at radius 2 is 1.88 bits per heavy atom. The lowest BCUT2D eigenvalue weighted by Crippen LogP contribution is -2.30. The van der Waals surface area contributed by atoms with Crippen LogP contribution in [0.5, 0.6) is 0 Å². The van der Waals surface area contributed by atoms with Crippen molar-refractivity contribution in [3.05, 3.63) is 75.9 Å². The molecule has 0 unspecified atom stereocenters. The molecule has 1 fully saturated rings. The van der Waals surface area contributed by atoms with E-state index in [1.807, 2.05) is 18.2 Å². The highest BCUT2D eigenvalue weighted by Crippen LogP contribution is 2.21. The van der Waals surface area contributed by atoms with Gasteiger partial charge in [-0.1, -0.05) is 41.9 Å². The molecule has 2 N–H and O–H groups in total. The molecule has 5 nitrogen and oxygen atoms in total. The maximum Gasteiger partial charge on any atom is 0.335 e. The number of carbonyl (C=O) groups is 2. The number of hydrogen-bond acceptors (Lipinski definition) is 3. The maximum absolute atomic E-state index is 12.6. The molecule has 0 saturated carbocycles. The molecule has 1 saturated heterocycles. The van der Waals surface area contributed by atoms with Crippen LogP contribution in [0.25, 0.3) is 6.08 Å². The van der Waals surface area contributed by atoms with Crippen LogP contribution >= 0.6 is 23.8 Å². The van der Waals surface area contributed by atoms with Crippen LogP contribution in [0, 0.1) is 0 Å². The summed E-state index contributed by atoms with van der Waals surface area (Å²) in [5.41, 5.74) is 2.01. The smallest absolute Gasteiger partial charge is 0.335 e. The Labute approximate surface area is 154 Å². The molecular weight excluding hydrogens is 360 g/mol. The first-order chi connectivity index (χ1) is 12.0. The molecule has 1 aliphatic rings. The van der Waals surface area contributed by atoms with E-state index in [2.05, 4.69) is 5.32 Å². The first-order valence-electron chi connectivity index (χ1n) is 7.37. The first-order valence-corrected chi connectivity index (χ1v) is 8.15. The van der Waals surface area contributed by atoms with Crippen molar-refractivity contribution in [2.24, 2.45) is 0 Å². The number of thiocarbonyl (C=S) groups is 1. The van der Waals surface area contributed by atoms with Gasteiger partial charge in [0.2, 0.25) is 0 Å². The van der Waals surface area contributed by atoms with Crippen LogP contribution in [0.1, 0.15) is 21.5 Å². The summed E-state index contributed by atoms with van der Waals surface area (Å²) in [6.07, 6.45) is 1.63. The Balaban J connectivity index is 1.81. The number of aromatic carboxylic acids is 1. The average Bonchev–Trinajstić information content (AvgIpc) is 2.85. The van der Waals surface area contributed by atoms with Crippen LogP contribution in [-0.2, 0) is 11.3 Å². The SMILES string of the molecule is O=C(O)c1ccc(/C=C2/NC(=S)N(Cc3ccccc3Cl)C2=O)cc1. The van der Waals surface area contributed by atoms with Gasteiger partial charge in [0.1, 0.15) is 5.70 Å². The van der Waals surface area contributed by atoms with Crippen LogP contribution in [0.4, 0.5) is 0 Å². The standard InChI is InChI=1S/C18H13ClN2O3S/c19-14-4-2-1-3-13(14)10-21-16(22)15(20-18(21)25)9-11-5-7-12(8-6-11)17(23)24/h1-9H,10H2,(H,20,25)(H,23,24)/b15-9+. The molecule has 3 rings (SSSR count). The third-order valence-electron chi connectivity index (χ3n) is 3.72. The lowest BCUT2D eigenvalue weighted by Gasteiger charge is -2.14. The monoisotopic (exact) mass is 372 g/mol. The van der Waals surface area contributed by atoms with E-state index in [0.717, 1.165) is 5.56 Å². The molecule has 1 heterocycles. The van der Waals surface area contributed by atoms with Gasteiger partial charge in [-0.05, 0) is 47.6 Å². The van der Waals surface area contributed by atoms with Crippen LogP contribution in [0.2, 0.25) is 5.02 Å². The van der Waals surface area contributed by atoms with Crippen molar-refractivity contribution in [1.29, 1.82) is 0 Å². The number of carboxylic acid groups (broad SMARTS) is 1. The molecule has 126 valence electrons. The third-order valence-corrected chi connectivity index (χ3v) is 4.41. The van der Waals surface area contributed by atoms with E-state index in [1.54, 1.807) is 24.3 Å². The van der Waals surface area contributed by atoms with Crippen LogP contribution in [0.3, 0.4) is 0 Å². The summed E-state index contributed by atoms with van der Waals surface area (Å²) in [5, 5.41) is 12.7. The summed E-state index contributed by atoms with van der Waals surface area (Å²) in [6.45, 7) is 0.277. The Bertz CT molecular complexity index is 893. The molecule has 1 aliphatic heterocycles. The number of carbonyl (C=O) groups excluding carboxylic acids is 1. The second-order valence-electron chi connectivity index (χ2n) is 5.40. The third kappa shape index (κ3) is 3.70. The Morgan fingerprint density at radius 1 is 1.20 bits per heavy atom. The molecule has 0 radical (unpaired) electrons. The number of amides is 1. The molecule has 1 amide bonds. The first kappa shape index (κ1) is 17.1. The molecule has 7 heteroatoms. The number of halogens is 1. The normalized spacial score (nSPS) is 15.6. The molecular formula is C18H13ClN2O3S. The second kappa shape index (κ2) is 7.04. The predicted octanol–water partition coefficient (Wildman–Crippen LogP) is 3.30. The fourth-order valence-corrected chi connectivity index (χ4v) is 2.85. The van der Waals surface area contributed by atoms with Crippen molar-refractivity contribution in [2.45, 2.75) is 6.54 Å². The van der Waals surface area contributed by atoms with E-state index in [0.29, 0.717) is 21.4 Å². The molecule has 2 aromatic rings. The van der Waals surface area contributed by atoms with E-state index in [9.17, 15) is 9.59 Å². The zero-order chi connectivity index (χ0) is 18.0. The maximum atomic E-state index is 12.6. The fourth-order valence-electron chi connectivity index (χ4n) is 2.40. The Kier molecular flexibility index (Phi) is 4.83. The van der Waals surface area contributed by atoms with E-state index in [-0.39, 0.29) is 18.0 Å². The van der Waals surface area contributed by atoms with Crippen LogP contribution < -0.4 is 5.32 Å². The van der Waals surface area contributed by atoms with Crippen molar-refractivity contribution >= 4 is 46.9 Å². The minimum atomic E-state index is -0.999. The zero-order valence-corrected chi connectivity index (χ0v) is 14.5. The molecule has 25 heavy (non-hydrogen) atoms. The zero-order valence-electron chi connectivity index (χ0n) is 12.9. The average molecular weight is 373 g/mol. The van der Waals surface area contributed by atoms with Gasteiger partial charge < -0.3 is 10.4 Å². The van der Waals surface area contributed by atoms with E-state index < -0.39 is 5.97 Å². The fraction of sp³-hybridized carbons (Fsp3) is 0.0556. The minimum Gasteiger partial charge on any atom is -0.478 e. The summed E-state index contributed by atoms with van der Waals surface area (Å²) in [5.74, 6) is -1.26. The van der Waals surface area contributed by atoms with E-state index >= 15 is 0 Å². The van der Waals surface area contributed by atoms with Gasteiger partial charge in [-0.15, -0.1) is 0 Å². The summed E-state index contributed by atoms with van der Waals surface area (Å²) < 4.78 is 0. The van der Waals surface area contributed by atoms with Gasteiger partial charge in [-0.2, -0.15) is 0 Å². The highest BCUT2D eigenvalue weighted by Gasteiger charge is 2.30. The van der Waals surface area contributed by atoms with Gasteiger partial charge in [0.15, 0.2) is 5.11 Å². The molecule has 2 aromatic carbocycles. The van der Waals surface area contributed by atoms with Crippen molar-refractivity contribution in [2.75, 3.05) is 0 Å². The number of carboxylic acids is 1.